The summed E-state index contributed by atoms with van der Waals surface area (Å²) in [6.07, 6.45) is 0. The number of hydrogen-bond donors (Lipinski definition) is 1. The van der Waals surface area contributed by atoms with Gasteiger partial charge in [-0.15, -0.1) is 0 Å². The van der Waals surface area contributed by atoms with Gasteiger partial charge in [0.2, 0.25) is 0 Å². The van der Waals surface area contributed by atoms with Crippen LogP contribution in [0.3, 0.4) is 0 Å². The maximum atomic E-state index is 12.0. The van der Waals surface area contributed by atoms with Crippen molar-refractivity contribution in [2.75, 3.05) is 32.1 Å². The van der Waals surface area contributed by atoms with Gasteiger partial charge in [-0.1, -0.05) is 23.2 Å². The van der Waals surface area contributed by atoms with E-state index in [0.717, 1.165) is 0 Å². The van der Waals surface area contributed by atoms with E-state index in [0.29, 0.717) is 28.9 Å². The molecule has 1 rings (SSSR count). The molecule has 0 aliphatic carbocycles. The number of ether oxygens (including phenoxy) is 1. The van der Waals surface area contributed by atoms with E-state index < -0.39 is 6.03 Å². The second-order valence-corrected chi connectivity index (χ2v) is 4.53. The van der Waals surface area contributed by atoms with E-state index in [1.807, 2.05) is 6.07 Å². The molecule has 0 unspecified atom stereocenters. The highest BCUT2D eigenvalue weighted by Gasteiger charge is 2.13. The molecule has 19 heavy (non-hydrogen) atoms. The first kappa shape index (κ1) is 15.6. The molecule has 0 aromatic heterocycles. The molecule has 102 valence electrons. The van der Waals surface area contributed by atoms with Crippen molar-refractivity contribution >= 4 is 34.9 Å². The maximum Gasteiger partial charge on any atom is 0.322 e. The summed E-state index contributed by atoms with van der Waals surface area (Å²) in [6.45, 7) is 0.652. The summed E-state index contributed by atoms with van der Waals surface area (Å²) in [5.41, 5.74) is 0.475. The average Bonchev–Trinajstić information content (AvgIpc) is 2.33. The Morgan fingerprint density at radius 3 is 2.58 bits per heavy atom. The zero-order valence-electron chi connectivity index (χ0n) is 10.3. The van der Waals surface area contributed by atoms with Gasteiger partial charge >= 0.3 is 6.03 Å². The van der Waals surface area contributed by atoms with Crippen molar-refractivity contribution in [3.05, 3.63) is 28.2 Å². The van der Waals surface area contributed by atoms with Crippen molar-refractivity contribution in [3.8, 4) is 6.07 Å². The van der Waals surface area contributed by atoms with E-state index in [-0.39, 0.29) is 6.54 Å². The monoisotopic (exact) mass is 301 g/mol. The van der Waals surface area contributed by atoms with Crippen LogP contribution in [0.25, 0.3) is 0 Å². The van der Waals surface area contributed by atoms with Crippen molar-refractivity contribution in [1.29, 1.82) is 5.26 Å². The fourth-order valence-corrected chi connectivity index (χ4v) is 1.89. The molecule has 0 fully saturated rings. The number of nitriles is 1. The van der Waals surface area contributed by atoms with Crippen molar-refractivity contribution in [1.82, 2.24) is 4.90 Å². The lowest BCUT2D eigenvalue weighted by Crippen LogP contribution is -2.37. The minimum absolute atomic E-state index is 0.0243. The van der Waals surface area contributed by atoms with Gasteiger partial charge in [-0.25, -0.2) is 4.79 Å². The second kappa shape index (κ2) is 7.85. The molecule has 5 nitrogen and oxygen atoms in total. The van der Waals surface area contributed by atoms with Gasteiger partial charge < -0.3 is 15.0 Å². The van der Waals surface area contributed by atoms with Crippen LogP contribution in [0.15, 0.2) is 18.2 Å². The number of hydrogen-bond acceptors (Lipinski definition) is 3. The van der Waals surface area contributed by atoms with Gasteiger partial charge in [0.05, 0.1) is 12.7 Å². The topological polar surface area (TPSA) is 65.4 Å². The zero-order chi connectivity index (χ0) is 14.3. The number of halogens is 2. The van der Waals surface area contributed by atoms with Gasteiger partial charge in [0.1, 0.15) is 6.54 Å². The molecule has 0 saturated heterocycles. The average molecular weight is 302 g/mol. The number of anilines is 1. The number of benzene rings is 1. The van der Waals surface area contributed by atoms with Crippen molar-refractivity contribution in [2.24, 2.45) is 0 Å². The van der Waals surface area contributed by atoms with Crippen LogP contribution < -0.4 is 5.32 Å². The third kappa shape index (κ3) is 5.35. The van der Waals surface area contributed by atoms with Gasteiger partial charge in [-0.3, -0.25) is 0 Å². The molecule has 2 amide bonds. The fourth-order valence-electron chi connectivity index (χ4n) is 1.37. The predicted molar refractivity (Wildman–Crippen MR) is 74.5 cm³/mol. The third-order valence-corrected chi connectivity index (χ3v) is 2.66. The molecule has 0 atom stereocenters. The minimum atomic E-state index is -0.406. The number of methoxy groups -OCH3 is 1. The first-order chi connectivity index (χ1) is 9.06. The normalized spacial score (nSPS) is 9.79. The number of urea groups is 1. The van der Waals surface area contributed by atoms with Gasteiger partial charge in [0.15, 0.2) is 0 Å². The Hall–Kier alpha value is -1.48. The van der Waals surface area contributed by atoms with Crippen LogP contribution in [0, 0.1) is 11.3 Å². The Morgan fingerprint density at radius 1 is 1.42 bits per heavy atom. The summed E-state index contributed by atoms with van der Waals surface area (Å²) in [7, 11) is 1.53. The quantitative estimate of drug-likeness (QED) is 0.850. The summed E-state index contributed by atoms with van der Waals surface area (Å²) < 4.78 is 4.88. The SMILES string of the molecule is COCCN(CC#N)C(=O)Nc1cc(Cl)cc(Cl)c1. The largest absolute Gasteiger partial charge is 0.383 e. The van der Waals surface area contributed by atoms with E-state index in [9.17, 15) is 4.79 Å². The molecule has 0 aliphatic rings. The van der Waals surface area contributed by atoms with Gasteiger partial charge in [0, 0.05) is 29.4 Å². The van der Waals surface area contributed by atoms with E-state index in [1.54, 1.807) is 18.2 Å². The fraction of sp³-hybridized carbons (Fsp3) is 0.333. The molecule has 0 radical (unpaired) electrons. The van der Waals surface area contributed by atoms with Crippen LogP contribution in [0.2, 0.25) is 10.0 Å². The standard InChI is InChI=1S/C12H13Cl2N3O2/c1-19-5-4-17(3-2-15)12(18)16-11-7-9(13)6-10(14)8-11/h6-8H,3-5H2,1H3,(H,16,18). The molecule has 0 bridgehead atoms. The van der Waals surface area contributed by atoms with Crippen LogP contribution in [-0.2, 0) is 4.74 Å². The summed E-state index contributed by atoms with van der Waals surface area (Å²) in [6, 6.07) is 6.24. The van der Waals surface area contributed by atoms with Crippen LogP contribution >= 0.6 is 23.2 Å². The highest BCUT2D eigenvalue weighted by Crippen LogP contribution is 2.22. The molecule has 0 spiro atoms. The highest BCUT2D eigenvalue weighted by molar-refractivity contribution is 6.35. The molecular formula is C12H13Cl2N3O2. The molecule has 1 aromatic carbocycles. The van der Waals surface area contributed by atoms with Crippen molar-refractivity contribution < 1.29 is 9.53 Å². The lowest BCUT2D eigenvalue weighted by Gasteiger charge is -2.19. The number of carbonyl (C=O) groups is 1. The van der Waals surface area contributed by atoms with Gasteiger partial charge in [-0.2, -0.15) is 5.26 Å². The molecule has 1 aromatic rings. The summed E-state index contributed by atoms with van der Waals surface area (Å²) >= 11 is 11.7. The van der Waals surface area contributed by atoms with E-state index in [1.165, 1.54) is 12.0 Å². The Bertz CT molecular complexity index is 468. The maximum absolute atomic E-state index is 12.0. The van der Waals surface area contributed by atoms with Gasteiger partial charge in [0.25, 0.3) is 0 Å². The number of nitrogens with one attached hydrogen (secondary N) is 1. The molecule has 0 heterocycles. The molecule has 7 heteroatoms. The first-order valence-electron chi connectivity index (χ1n) is 5.44. The Labute approximate surface area is 121 Å². The summed E-state index contributed by atoms with van der Waals surface area (Å²) in [4.78, 5) is 13.3. The number of amides is 2. The molecule has 0 saturated carbocycles. The summed E-state index contributed by atoms with van der Waals surface area (Å²) in [5, 5.41) is 12.2. The first-order valence-corrected chi connectivity index (χ1v) is 6.20. The van der Waals surface area contributed by atoms with Crippen molar-refractivity contribution in [2.45, 2.75) is 0 Å². The Kier molecular flexibility index (Phi) is 6.43. The van der Waals surface area contributed by atoms with Crippen LogP contribution in [0.1, 0.15) is 0 Å². The Morgan fingerprint density at radius 2 is 2.05 bits per heavy atom. The van der Waals surface area contributed by atoms with Gasteiger partial charge in [-0.05, 0) is 18.2 Å². The van der Waals surface area contributed by atoms with E-state index >= 15 is 0 Å². The summed E-state index contributed by atoms with van der Waals surface area (Å²) in [5.74, 6) is 0. The van der Waals surface area contributed by atoms with E-state index in [4.69, 9.17) is 33.2 Å². The lowest BCUT2D eigenvalue weighted by atomic mass is 10.3. The number of carbonyl (C=O) groups excluding carboxylic acids is 1. The molecule has 0 aliphatic heterocycles. The van der Waals surface area contributed by atoms with E-state index in [2.05, 4.69) is 5.32 Å². The minimum Gasteiger partial charge on any atom is -0.383 e. The number of rotatable bonds is 5. The highest BCUT2D eigenvalue weighted by atomic mass is 35.5. The predicted octanol–water partition coefficient (Wildman–Crippen LogP) is 3.00. The smallest absolute Gasteiger partial charge is 0.322 e. The Balaban J connectivity index is 2.72. The third-order valence-electron chi connectivity index (χ3n) is 2.23. The molecule has 1 N–H and O–H groups in total. The second-order valence-electron chi connectivity index (χ2n) is 3.66. The van der Waals surface area contributed by atoms with Crippen LogP contribution in [0.4, 0.5) is 10.5 Å². The molecular weight excluding hydrogens is 289 g/mol. The van der Waals surface area contributed by atoms with Crippen LogP contribution in [0.5, 0.6) is 0 Å². The zero-order valence-corrected chi connectivity index (χ0v) is 11.8. The lowest BCUT2D eigenvalue weighted by molar-refractivity contribution is 0.160. The number of nitrogens with zero attached hydrogens (tertiary/aromatic N) is 2. The van der Waals surface area contributed by atoms with Crippen molar-refractivity contribution in [3.63, 3.8) is 0 Å². The van der Waals surface area contributed by atoms with Crippen LogP contribution in [-0.4, -0.2) is 37.7 Å².